The summed E-state index contributed by atoms with van der Waals surface area (Å²) >= 11 is 0. The van der Waals surface area contributed by atoms with Crippen molar-refractivity contribution in [3.8, 4) is 0 Å². The van der Waals surface area contributed by atoms with Gasteiger partial charge in [0, 0.05) is 12.2 Å². The van der Waals surface area contributed by atoms with Gasteiger partial charge in [-0.1, -0.05) is 44.9 Å². The molecule has 116 valence electrons. The molecule has 1 saturated heterocycles. The van der Waals surface area contributed by atoms with Crippen LogP contribution in [0.2, 0.25) is 0 Å². The molecule has 1 aliphatic carbocycles. The predicted molar refractivity (Wildman–Crippen MR) is 89.0 cm³/mol. The van der Waals surface area contributed by atoms with Crippen LogP contribution in [0.25, 0.3) is 0 Å². The molecule has 1 saturated carbocycles. The Morgan fingerprint density at radius 2 is 1.76 bits per heavy atom. The highest BCUT2D eigenvalue weighted by atomic mass is 16.5. The van der Waals surface area contributed by atoms with E-state index in [9.17, 15) is 0 Å². The van der Waals surface area contributed by atoms with Crippen LogP contribution in [0.15, 0.2) is 18.2 Å². The summed E-state index contributed by atoms with van der Waals surface area (Å²) in [6, 6.07) is 6.67. The van der Waals surface area contributed by atoms with Gasteiger partial charge in [-0.15, -0.1) is 0 Å². The van der Waals surface area contributed by atoms with Gasteiger partial charge in [-0.2, -0.15) is 0 Å². The zero-order valence-electron chi connectivity index (χ0n) is 13.6. The second kappa shape index (κ2) is 6.39. The molecule has 2 heteroatoms. The van der Waals surface area contributed by atoms with E-state index in [-0.39, 0.29) is 5.60 Å². The summed E-state index contributed by atoms with van der Waals surface area (Å²) in [4.78, 5) is 0. The van der Waals surface area contributed by atoms with Crippen LogP contribution < -0.4 is 5.32 Å². The zero-order valence-corrected chi connectivity index (χ0v) is 13.6. The molecule has 2 aliphatic rings. The average molecular weight is 287 g/mol. The summed E-state index contributed by atoms with van der Waals surface area (Å²) in [7, 11) is 0. The number of ether oxygens (including phenoxy) is 1. The topological polar surface area (TPSA) is 21.3 Å². The molecule has 0 bridgehead atoms. The van der Waals surface area contributed by atoms with E-state index in [4.69, 9.17) is 4.74 Å². The van der Waals surface area contributed by atoms with E-state index in [1.165, 1.54) is 55.3 Å². The van der Waals surface area contributed by atoms with Crippen molar-refractivity contribution in [2.45, 2.75) is 76.9 Å². The molecule has 2 fully saturated rings. The molecule has 0 aromatic heterocycles. The molecule has 1 aromatic rings. The van der Waals surface area contributed by atoms with Crippen molar-refractivity contribution < 1.29 is 4.74 Å². The maximum atomic E-state index is 6.42. The van der Waals surface area contributed by atoms with E-state index >= 15 is 0 Å². The van der Waals surface area contributed by atoms with Crippen LogP contribution in [0.1, 0.15) is 63.5 Å². The van der Waals surface area contributed by atoms with Crippen LogP contribution in [0.4, 0.5) is 5.69 Å². The monoisotopic (exact) mass is 287 g/mol. The minimum Gasteiger partial charge on any atom is -0.382 e. The molecule has 3 rings (SSSR count). The van der Waals surface area contributed by atoms with Crippen LogP contribution in [0, 0.1) is 0 Å². The molecule has 1 N–H and O–H groups in total. The molecule has 2 nitrogen and oxygen atoms in total. The molecule has 1 heterocycles. The smallest absolute Gasteiger partial charge is 0.0756 e. The average Bonchev–Trinajstić information content (AvgIpc) is 3.15. The first-order valence-electron chi connectivity index (χ1n) is 8.79. The Labute approximate surface area is 129 Å². The summed E-state index contributed by atoms with van der Waals surface area (Å²) in [6.45, 7) is 5.44. The third-order valence-electron chi connectivity index (χ3n) is 5.36. The van der Waals surface area contributed by atoms with Gasteiger partial charge in [-0.05, 0) is 49.7 Å². The second-order valence-corrected chi connectivity index (χ2v) is 6.71. The molecule has 0 amide bonds. The molecule has 21 heavy (non-hydrogen) atoms. The normalized spacial score (nSPS) is 23.8. The maximum Gasteiger partial charge on any atom is 0.0756 e. The van der Waals surface area contributed by atoms with E-state index in [2.05, 4.69) is 37.4 Å². The highest BCUT2D eigenvalue weighted by Crippen LogP contribution is 2.43. The minimum atomic E-state index is 0.254. The Kier molecular flexibility index (Phi) is 4.54. The van der Waals surface area contributed by atoms with E-state index in [1.807, 2.05) is 0 Å². The zero-order chi connectivity index (χ0) is 14.7. The number of anilines is 1. The lowest BCUT2D eigenvalue weighted by atomic mass is 9.98. The highest BCUT2D eigenvalue weighted by Gasteiger charge is 2.41. The lowest BCUT2D eigenvalue weighted by Crippen LogP contribution is -2.28. The first-order valence-corrected chi connectivity index (χ1v) is 8.79. The number of rotatable bonds is 5. The lowest BCUT2D eigenvalue weighted by Gasteiger charge is -2.24. The Balaban J connectivity index is 1.63. The second-order valence-electron chi connectivity index (χ2n) is 6.71. The standard InChI is InChI=1S/C19H29NO/c1-3-15-8-7-9-16(4-2)18(15)20-14-17-10-13-19(21-17)11-5-6-12-19/h7-9,17,20H,3-6,10-14H2,1-2H3. The van der Waals surface area contributed by atoms with Gasteiger partial charge < -0.3 is 10.1 Å². The van der Waals surface area contributed by atoms with Gasteiger partial charge in [0.15, 0.2) is 0 Å². The first-order chi connectivity index (χ1) is 10.3. The van der Waals surface area contributed by atoms with Gasteiger partial charge in [0.25, 0.3) is 0 Å². The van der Waals surface area contributed by atoms with Crippen molar-refractivity contribution in [3.63, 3.8) is 0 Å². The van der Waals surface area contributed by atoms with Crippen molar-refractivity contribution in [2.24, 2.45) is 0 Å². The van der Waals surface area contributed by atoms with Crippen LogP contribution >= 0.6 is 0 Å². The van der Waals surface area contributed by atoms with Crippen LogP contribution in [0.5, 0.6) is 0 Å². The molecular weight excluding hydrogens is 258 g/mol. The third kappa shape index (κ3) is 3.11. The van der Waals surface area contributed by atoms with Gasteiger partial charge in [-0.3, -0.25) is 0 Å². The number of aryl methyl sites for hydroxylation is 2. The van der Waals surface area contributed by atoms with Gasteiger partial charge in [0.1, 0.15) is 0 Å². The number of para-hydroxylation sites is 1. The Hall–Kier alpha value is -1.02. The van der Waals surface area contributed by atoms with Gasteiger partial charge in [-0.25, -0.2) is 0 Å². The van der Waals surface area contributed by atoms with Crippen molar-refractivity contribution in [1.29, 1.82) is 0 Å². The van der Waals surface area contributed by atoms with E-state index in [0.29, 0.717) is 6.10 Å². The lowest BCUT2D eigenvalue weighted by molar-refractivity contribution is -0.0307. The minimum absolute atomic E-state index is 0.254. The van der Waals surface area contributed by atoms with Gasteiger partial charge >= 0.3 is 0 Å². The first kappa shape index (κ1) is 14.9. The van der Waals surface area contributed by atoms with Crippen LogP contribution in [-0.2, 0) is 17.6 Å². The largest absolute Gasteiger partial charge is 0.382 e. The summed E-state index contributed by atoms with van der Waals surface area (Å²) in [5, 5.41) is 3.71. The SMILES string of the molecule is CCc1cccc(CC)c1NCC1CCC2(CCCC2)O1. The number of hydrogen-bond acceptors (Lipinski definition) is 2. The van der Waals surface area contributed by atoms with Crippen molar-refractivity contribution in [2.75, 3.05) is 11.9 Å². The molecule has 1 unspecified atom stereocenters. The van der Waals surface area contributed by atoms with Crippen molar-refractivity contribution in [3.05, 3.63) is 29.3 Å². The van der Waals surface area contributed by atoms with E-state index in [0.717, 1.165) is 19.4 Å². The van der Waals surface area contributed by atoms with Gasteiger partial charge in [0.2, 0.25) is 0 Å². The van der Waals surface area contributed by atoms with Crippen LogP contribution in [-0.4, -0.2) is 18.2 Å². The molecular formula is C19H29NO. The summed E-state index contributed by atoms with van der Waals surface area (Å²) in [5.74, 6) is 0. The fourth-order valence-corrected chi connectivity index (χ4v) is 4.11. The molecule has 1 aromatic carbocycles. The van der Waals surface area contributed by atoms with Crippen molar-refractivity contribution >= 4 is 5.69 Å². The predicted octanol–water partition coefficient (Wildman–Crippen LogP) is 4.72. The Morgan fingerprint density at radius 1 is 1.10 bits per heavy atom. The van der Waals surface area contributed by atoms with E-state index in [1.54, 1.807) is 0 Å². The number of hydrogen-bond donors (Lipinski definition) is 1. The third-order valence-corrected chi connectivity index (χ3v) is 5.36. The summed E-state index contributed by atoms with van der Waals surface area (Å²) < 4.78 is 6.42. The Morgan fingerprint density at radius 3 is 2.38 bits per heavy atom. The highest BCUT2D eigenvalue weighted by molar-refractivity contribution is 5.58. The fourth-order valence-electron chi connectivity index (χ4n) is 4.11. The quantitative estimate of drug-likeness (QED) is 0.846. The van der Waals surface area contributed by atoms with Crippen LogP contribution in [0.3, 0.4) is 0 Å². The molecule has 0 radical (unpaired) electrons. The number of nitrogens with one attached hydrogen (secondary N) is 1. The van der Waals surface area contributed by atoms with Crippen molar-refractivity contribution in [1.82, 2.24) is 0 Å². The Bertz CT molecular complexity index is 454. The number of benzene rings is 1. The fraction of sp³-hybridized carbons (Fsp3) is 0.684. The summed E-state index contributed by atoms with van der Waals surface area (Å²) in [6.07, 6.45) is 10.4. The molecule has 1 aliphatic heterocycles. The van der Waals surface area contributed by atoms with Gasteiger partial charge in [0.05, 0.1) is 11.7 Å². The maximum absolute atomic E-state index is 6.42. The summed E-state index contributed by atoms with van der Waals surface area (Å²) in [5.41, 5.74) is 4.48. The van der Waals surface area contributed by atoms with E-state index < -0.39 is 0 Å². The molecule has 1 spiro atoms. The molecule has 1 atom stereocenters.